The van der Waals surface area contributed by atoms with E-state index in [2.05, 4.69) is 9.47 Å². The summed E-state index contributed by atoms with van der Waals surface area (Å²) in [7, 11) is 1.17. The Labute approximate surface area is 144 Å². The van der Waals surface area contributed by atoms with Gasteiger partial charge < -0.3 is 14.2 Å². The molecule has 25 heavy (non-hydrogen) atoms. The molecule has 4 nitrogen and oxygen atoms in total. The quantitative estimate of drug-likeness (QED) is 0.424. The third-order valence-corrected chi connectivity index (χ3v) is 3.48. The monoisotopic (exact) mass is 348 g/mol. The minimum atomic E-state index is -3.03. The van der Waals surface area contributed by atoms with Crippen LogP contribution >= 0.6 is 0 Å². The molecule has 2 aromatic carbocycles. The van der Waals surface area contributed by atoms with Gasteiger partial charge in [-0.05, 0) is 29.7 Å². The number of halogens is 2. The fourth-order valence-electron chi connectivity index (χ4n) is 2.23. The van der Waals surface area contributed by atoms with Crippen molar-refractivity contribution in [3.05, 3.63) is 71.5 Å². The molecule has 0 amide bonds. The van der Waals surface area contributed by atoms with Crippen LogP contribution in [0, 0.1) is 6.92 Å². The number of ether oxygens (including phenoxy) is 3. The lowest BCUT2D eigenvalue weighted by molar-refractivity contribution is -0.134. The molecule has 0 atom stereocenters. The van der Waals surface area contributed by atoms with E-state index in [0.717, 1.165) is 5.56 Å². The van der Waals surface area contributed by atoms with Crippen molar-refractivity contribution in [1.82, 2.24) is 0 Å². The topological polar surface area (TPSA) is 44.8 Å². The van der Waals surface area contributed by atoms with E-state index in [9.17, 15) is 13.6 Å². The van der Waals surface area contributed by atoms with Crippen molar-refractivity contribution in [2.75, 3.05) is 7.11 Å². The Kier molecular flexibility index (Phi) is 6.51. The molecule has 0 unspecified atom stereocenters. The molecule has 0 saturated heterocycles. The van der Waals surface area contributed by atoms with Gasteiger partial charge in [0.05, 0.1) is 7.11 Å². The van der Waals surface area contributed by atoms with Crippen molar-refractivity contribution < 1.29 is 27.8 Å². The summed E-state index contributed by atoms with van der Waals surface area (Å²) in [5.41, 5.74) is 1.90. The number of carbonyl (C=O) groups is 1. The third kappa shape index (κ3) is 5.04. The number of rotatable bonds is 7. The van der Waals surface area contributed by atoms with Gasteiger partial charge in [-0.3, -0.25) is 0 Å². The van der Waals surface area contributed by atoms with Crippen LogP contribution in [-0.4, -0.2) is 19.7 Å². The van der Waals surface area contributed by atoms with E-state index in [1.54, 1.807) is 24.3 Å². The number of para-hydroxylation sites is 1. The summed E-state index contributed by atoms with van der Waals surface area (Å²) in [4.78, 5) is 11.9. The zero-order valence-electron chi connectivity index (χ0n) is 13.9. The summed E-state index contributed by atoms with van der Waals surface area (Å²) < 4.78 is 39.3. The molecule has 2 rings (SSSR count). The van der Waals surface area contributed by atoms with Gasteiger partial charge in [0.25, 0.3) is 0 Å². The number of benzene rings is 2. The van der Waals surface area contributed by atoms with Crippen molar-refractivity contribution in [3.63, 3.8) is 0 Å². The van der Waals surface area contributed by atoms with E-state index in [1.807, 2.05) is 31.2 Å². The number of esters is 1. The lowest BCUT2D eigenvalue weighted by Crippen LogP contribution is -2.09. The summed E-state index contributed by atoms with van der Waals surface area (Å²) in [6.45, 7) is -0.961. The Balaban J connectivity index is 2.30. The molecule has 0 N–H and O–H groups in total. The predicted molar refractivity (Wildman–Crippen MR) is 89.0 cm³/mol. The van der Waals surface area contributed by atoms with E-state index in [0.29, 0.717) is 23.1 Å². The van der Waals surface area contributed by atoms with E-state index in [-0.39, 0.29) is 12.2 Å². The van der Waals surface area contributed by atoms with Crippen molar-refractivity contribution in [1.29, 1.82) is 0 Å². The van der Waals surface area contributed by atoms with Gasteiger partial charge in [0.2, 0.25) is 0 Å². The van der Waals surface area contributed by atoms with E-state index in [1.165, 1.54) is 7.11 Å². The smallest absolute Gasteiger partial charge is 0.386 e. The number of aryl methyl sites for hydroxylation is 1. The number of methoxy groups -OCH3 is 1. The summed E-state index contributed by atoms with van der Waals surface area (Å²) in [6.07, 6.45) is 0.711. The molecule has 0 aliphatic rings. The minimum absolute atomic E-state index is 0.105. The lowest BCUT2D eigenvalue weighted by atomic mass is 10.0. The Morgan fingerprint density at radius 3 is 2.48 bits per heavy atom. The summed E-state index contributed by atoms with van der Waals surface area (Å²) in [5.74, 6) is -0.0753. The summed E-state index contributed by atoms with van der Waals surface area (Å²) in [5, 5.41) is 0. The Bertz CT molecular complexity index is 757. The molecule has 2 aromatic rings. The number of hydrogen-bond donors (Lipinski definition) is 0. The molecule has 0 radical (unpaired) electrons. The highest BCUT2D eigenvalue weighted by atomic mass is 19.3. The van der Waals surface area contributed by atoms with Crippen LogP contribution in [0.15, 0.2) is 54.8 Å². The average Bonchev–Trinajstić information content (AvgIpc) is 2.61. The fourth-order valence-corrected chi connectivity index (χ4v) is 2.23. The van der Waals surface area contributed by atoms with Gasteiger partial charge in [0.15, 0.2) is 0 Å². The Morgan fingerprint density at radius 2 is 1.80 bits per heavy atom. The van der Waals surface area contributed by atoms with Gasteiger partial charge >= 0.3 is 12.6 Å². The summed E-state index contributed by atoms with van der Waals surface area (Å²) in [6, 6.07) is 14.3. The van der Waals surface area contributed by atoms with Gasteiger partial charge in [0, 0.05) is 0 Å². The van der Waals surface area contributed by atoms with Crippen molar-refractivity contribution in [2.45, 2.75) is 20.1 Å². The molecule has 0 heterocycles. The van der Waals surface area contributed by atoms with Crippen LogP contribution in [0.3, 0.4) is 0 Å². The molecule has 0 saturated carbocycles. The molecule has 0 fully saturated rings. The average molecular weight is 348 g/mol. The van der Waals surface area contributed by atoms with Crippen LogP contribution in [0.4, 0.5) is 8.78 Å². The zero-order chi connectivity index (χ0) is 18.2. The van der Waals surface area contributed by atoms with Crippen molar-refractivity contribution in [2.24, 2.45) is 0 Å². The molecule has 132 valence electrons. The molecule has 0 aromatic heterocycles. The van der Waals surface area contributed by atoms with Crippen molar-refractivity contribution in [3.8, 4) is 5.75 Å². The van der Waals surface area contributed by atoms with Gasteiger partial charge in [-0.15, -0.1) is 0 Å². The maximum Gasteiger partial charge on any atom is 0.386 e. The highest BCUT2D eigenvalue weighted by Crippen LogP contribution is 2.24. The second-order valence-corrected chi connectivity index (χ2v) is 5.13. The highest BCUT2D eigenvalue weighted by Gasteiger charge is 2.18. The fraction of sp³-hybridized carbons (Fsp3) is 0.211. The van der Waals surface area contributed by atoms with Crippen LogP contribution in [0.5, 0.6) is 5.75 Å². The molecule has 0 aliphatic carbocycles. The summed E-state index contributed by atoms with van der Waals surface area (Å²) >= 11 is 0. The first-order valence-electron chi connectivity index (χ1n) is 7.51. The highest BCUT2D eigenvalue weighted by molar-refractivity contribution is 6.16. The second-order valence-electron chi connectivity index (χ2n) is 5.13. The largest absolute Gasteiger partial charge is 0.489 e. The number of carbonyl (C=O) groups excluding carboxylic acids is 1. The maximum absolute atomic E-state index is 12.3. The third-order valence-electron chi connectivity index (χ3n) is 3.48. The van der Waals surface area contributed by atoms with Crippen LogP contribution in [0.1, 0.15) is 16.7 Å². The Morgan fingerprint density at radius 1 is 1.12 bits per heavy atom. The number of alkyl halides is 2. The Hall–Kier alpha value is -2.89. The van der Waals surface area contributed by atoms with Crippen LogP contribution in [-0.2, 0) is 20.9 Å². The van der Waals surface area contributed by atoms with Crippen molar-refractivity contribution >= 4 is 11.5 Å². The minimum Gasteiger partial charge on any atom is -0.489 e. The zero-order valence-corrected chi connectivity index (χ0v) is 13.9. The first kappa shape index (κ1) is 18.4. The first-order chi connectivity index (χ1) is 12.0. The van der Waals surface area contributed by atoms with E-state index >= 15 is 0 Å². The van der Waals surface area contributed by atoms with Crippen LogP contribution < -0.4 is 4.74 Å². The molecule has 0 aliphatic heterocycles. The van der Waals surface area contributed by atoms with E-state index < -0.39 is 12.6 Å². The maximum atomic E-state index is 12.3. The second kappa shape index (κ2) is 8.82. The standard InChI is InChI=1S/C19H18F2O4/c1-13-7-3-6-10-17(13)24-11-14-8-4-5-9-15(14)16(18(22)23-2)12-25-19(20)21/h3-10,12,19H,11H2,1-2H3. The normalized spacial score (nSPS) is 11.3. The molecule has 6 heteroatoms. The van der Waals surface area contributed by atoms with Crippen LogP contribution in [0.25, 0.3) is 5.57 Å². The van der Waals surface area contributed by atoms with Gasteiger partial charge in [-0.2, -0.15) is 8.78 Å². The van der Waals surface area contributed by atoms with Gasteiger partial charge in [-0.1, -0.05) is 42.5 Å². The molecule has 0 spiro atoms. The predicted octanol–water partition coefficient (Wildman–Crippen LogP) is 4.33. The van der Waals surface area contributed by atoms with Gasteiger partial charge in [0.1, 0.15) is 24.2 Å². The van der Waals surface area contributed by atoms with E-state index in [4.69, 9.17) is 4.74 Å². The molecule has 0 bridgehead atoms. The molecular formula is C19H18F2O4. The van der Waals surface area contributed by atoms with Gasteiger partial charge in [-0.25, -0.2) is 4.79 Å². The molecular weight excluding hydrogens is 330 g/mol. The van der Waals surface area contributed by atoms with Crippen LogP contribution in [0.2, 0.25) is 0 Å². The lowest BCUT2D eigenvalue weighted by Gasteiger charge is -2.14. The number of hydrogen-bond acceptors (Lipinski definition) is 4. The first-order valence-corrected chi connectivity index (χ1v) is 7.51. The SMILES string of the molecule is COC(=O)C(=COC(F)F)c1ccccc1COc1ccccc1C.